The van der Waals surface area contributed by atoms with Crippen molar-refractivity contribution in [2.45, 2.75) is 25.8 Å². The van der Waals surface area contributed by atoms with Crippen LogP contribution in [0.4, 0.5) is 0 Å². The SMILES string of the molecule is CCC1(c2ccc(OC)cc2)C(C(=O)O)=C(C)N=c2sc(=Cc3ccc(-c4ccc(C(=O)OC)cc4)o3)c(=O)n21. The number of esters is 1. The van der Waals surface area contributed by atoms with Crippen LogP contribution < -0.4 is 19.6 Å². The normalized spacial score (nSPS) is 16.9. The smallest absolute Gasteiger partial charge is 0.337 e. The minimum Gasteiger partial charge on any atom is -0.497 e. The Kier molecular flexibility index (Phi) is 7.03. The molecule has 0 saturated heterocycles. The van der Waals surface area contributed by atoms with E-state index in [1.807, 2.05) is 6.92 Å². The molecule has 1 aliphatic heterocycles. The molecule has 0 radical (unpaired) electrons. The molecule has 204 valence electrons. The summed E-state index contributed by atoms with van der Waals surface area (Å²) in [6.07, 6.45) is 1.94. The van der Waals surface area contributed by atoms with Crippen LogP contribution >= 0.6 is 11.3 Å². The van der Waals surface area contributed by atoms with E-state index in [4.69, 9.17) is 13.9 Å². The van der Waals surface area contributed by atoms with Gasteiger partial charge in [0.25, 0.3) is 5.56 Å². The highest BCUT2D eigenvalue weighted by Crippen LogP contribution is 2.40. The molecule has 40 heavy (non-hydrogen) atoms. The first-order chi connectivity index (χ1) is 19.2. The molecule has 9 nitrogen and oxygen atoms in total. The average molecular weight is 559 g/mol. The number of ether oxygens (including phenoxy) is 2. The van der Waals surface area contributed by atoms with E-state index in [1.165, 1.54) is 23.0 Å². The fraction of sp³-hybridized carbons (Fsp3) is 0.200. The number of methoxy groups -OCH3 is 2. The van der Waals surface area contributed by atoms with Gasteiger partial charge in [-0.05, 0) is 55.3 Å². The van der Waals surface area contributed by atoms with E-state index in [9.17, 15) is 19.5 Å². The molecular formula is C30H26N2O7S. The molecule has 0 bridgehead atoms. The molecule has 0 fully saturated rings. The van der Waals surface area contributed by atoms with E-state index >= 15 is 0 Å². The zero-order chi connectivity index (χ0) is 28.6. The lowest BCUT2D eigenvalue weighted by molar-refractivity contribution is -0.133. The van der Waals surface area contributed by atoms with Gasteiger partial charge < -0.3 is 19.0 Å². The minimum absolute atomic E-state index is 0.0507. The first kappa shape index (κ1) is 26.9. The molecular weight excluding hydrogens is 532 g/mol. The third-order valence-corrected chi connectivity index (χ3v) is 7.98. The van der Waals surface area contributed by atoms with Gasteiger partial charge in [0.1, 0.15) is 22.8 Å². The molecule has 0 spiro atoms. The van der Waals surface area contributed by atoms with Crippen molar-refractivity contribution in [3.63, 3.8) is 0 Å². The zero-order valence-electron chi connectivity index (χ0n) is 22.3. The second-order valence-corrected chi connectivity index (χ2v) is 10.1. The Morgan fingerprint density at radius 3 is 2.38 bits per heavy atom. The van der Waals surface area contributed by atoms with E-state index in [1.54, 1.807) is 80.8 Å². The van der Waals surface area contributed by atoms with Gasteiger partial charge in [0.05, 0.1) is 35.6 Å². The highest BCUT2D eigenvalue weighted by Gasteiger charge is 2.45. The average Bonchev–Trinajstić information content (AvgIpc) is 3.56. The van der Waals surface area contributed by atoms with Crippen molar-refractivity contribution in [3.8, 4) is 17.1 Å². The minimum atomic E-state index is -1.27. The van der Waals surface area contributed by atoms with E-state index in [2.05, 4.69) is 4.99 Å². The molecule has 10 heteroatoms. The lowest BCUT2D eigenvalue weighted by Gasteiger charge is -2.37. The summed E-state index contributed by atoms with van der Waals surface area (Å²) in [5, 5.41) is 10.3. The number of carbonyl (C=O) groups is 2. The number of allylic oxidation sites excluding steroid dienone is 1. The molecule has 5 rings (SSSR count). The van der Waals surface area contributed by atoms with Crippen LogP contribution in [0.15, 0.2) is 86.1 Å². The fourth-order valence-electron chi connectivity index (χ4n) is 5.11. The molecule has 1 N–H and O–H groups in total. The van der Waals surface area contributed by atoms with Crippen LogP contribution in [0.2, 0.25) is 0 Å². The molecule has 3 heterocycles. The van der Waals surface area contributed by atoms with Crippen LogP contribution in [0.1, 0.15) is 41.9 Å². The standard InChI is InChI=1S/C30H26N2O7S/c1-5-30(20-10-12-21(37-3)13-11-20)25(27(34)35)17(2)31-29-32(30)26(33)24(40-29)16-22-14-15-23(39-22)18-6-8-19(9-7-18)28(36)38-4/h6-16H,5H2,1-4H3,(H,34,35). The van der Waals surface area contributed by atoms with Gasteiger partial charge in [0.15, 0.2) is 4.80 Å². The van der Waals surface area contributed by atoms with E-state index in [0.29, 0.717) is 49.8 Å². The second-order valence-electron chi connectivity index (χ2n) is 9.12. The zero-order valence-corrected chi connectivity index (χ0v) is 23.1. The van der Waals surface area contributed by atoms with E-state index in [0.717, 1.165) is 5.56 Å². The number of carboxylic acids is 1. The van der Waals surface area contributed by atoms with Crippen molar-refractivity contribution in [3.05, 3.63) is 109 Å². The maximum atomic E-state index is 13.9. The maximum Gasteiger partial charge on any atom is 0.337 e. The van der Waals surface area contributed by atoms with Crippen molar-refractivity contribution in [2.24, 2.45) is 4.99 Å². The Labute approximate surface area is 232 Å². The van der Waals surface area contributed by atoms with Crippen LogP contribution in [0.25, 0.3) is 17.4 Å². The summed E-state index contributed by atoms with van der Waals surface area (Å²) in [6, 6.07) is 17.4. The van der Waals surface area contributed by atoms with Crippen molar-refractivity contribution in [1.82, 2.24) is 4.57 Å². The number of aliphatic carboxylic acids is 1. The van der Waals surface area contributed by atoms with Crippen LogP contribution in [-0.2, 0) is 15.1 Å². The number of rotatable bonds is 7. The van der Waals surface area contributed by atoms with Crippen molar-refractivity contribution < 1.29 is 28.6 Å². The lowest BCUT2D eigenvalue weighted by atomic mass is 9.78. The highest BCUT2D eigenvalue weighted by atomic mass is 32.1. The van der Waals surface area contributed by atoms with Gasteiger partial charge >= 0.3 is 11.9 Å². The van der Waals surface area contributed by atoms with Crippen LogP contribution in [-0.4, -0.2) is 35.8 Å². The fourth-order valence-corrected chi connectivity index (χ4v) is 6.17. The molecule has 2 aromatic carbocycles. The van der Waals surface area contributed by atoms with Crippen LogP contribution in [0, 0.1) is 0 Å². The molecule has 0 amide bonds. The largest absolute Gasteiger partial charge is 0.497 e. The highest BCUT2D eigenvalue weighted by molar-refractivity contribution is 7.07. The number of thiazole rings is 1. The number of fused-ring (bicyclic) bond motifs is 1. The summed E-state index contributed by atoms with van der Waals surface area (Å²) in [6.45, 7) is 3.51. The first-order valence-corrected chi connectivity index (χ1v) is 13.3. The predicted molar refractivity (Wildman–Crippen MR) is 149 cm³/mol. The predicted octanol–water partition coefficient (Wildman–Crippen LogP) is 3.94. The Bertz CT molecular complexity index is 1830. The number of benzene rings is 2. The number of carboxylic acid groups (broad SMARTS) is 1. The van der Waals surface area contributed by atoms with Gasteiger partial charge in [0.2, 0.25) is 0 Å². The van der Waals surface area contributed by atoms with E-state index < -0.39 is 17.5 Å². The lowest BCUT2D eigenvalue weighted by Crippen LogP contribution is -2.52. The summed E-state index contributed by atoms with van der Waals surface area (Å²) in [7, 11) is 2.88. The third kappa shape index (κ3) is 4.36. The summed E-state index contributed by atoms with van der Waals surface area (Å²) in [5.41, 5.74) is 0.572. The van der Waals surface area contributed by atoms with Gasteiger partial charge in [-0.2, -0.15) is 0 Å². The summed E-state index contributed by atoms with van der Waals surface area (Å²) in [5.74, 6) is 0.0513. The van der Waals surface area contributed by atoms with Crippen molar-refractivity contribution in [1.29, 1.82) is 0 Å². The number of hydrogen-bond donors (Lipinski definition) is 1. The van der Waals surface area contributed by atoms with E-state index in [-0.39, 0.29) is 11.1 Å². The third-order valence-electron chi connectivity index (χ3n) is 7.01. The Morgan fingerprint density at radius 1 is 1.07 bits per heavy atom. The Balaban J connectivity index is 1.63. The summed E-state index contributed by atoms with van der Waals surface area (Å²) < 4.78 is 17.9. The molecule has 1 aliphatic rings. The quantitative estimate of drug-likeness (QED) is 0.341. The number of carbonyl (C=O) groups excluding carboxylic acids is 1. The van der Waals surface area contributed by atoms with Gasteiger partial charge in [-0.25, -0.2) is 14.6 Å². The number of aromatic nitrogens is 1. The maximum absolute atomic E-state index is 13.9. The monoisotopic (exact) mass is 558 g/mol. The van der Waals surface area contributed by atoms with Crippen molar-refractivity contribution in [2.75, 3.05) is 14.2 Å². The van der Waals surface area contributed by atoms with Gasteiger partial charge in [-0.15, -0.1) is 0 Å². The summed E-state index contributed by atoms with van der Waals surface area (Å²) >= 11 is 1.17. The Morgan fingerprint density at radius 2 is 1.77 bits per heavy atom. The first-order valence-electron chi connectivity index (χ1n) is 12.4. The summed E-state index contributed by atoms with van der Waals surface area (Å²) in [4.78, 5) is 43.1. The van der Waals surface area contributed by atoms with Crippen LogP contribution in [0.5, 0.6) is 5.75 Å². The van der Waals surface area contributed by atoms with Gasteiger partial charge in [0, 0.05) is 11.6 Å². The van der Waals surface area contributed by atoms with Gasteiger partial charge in [-0.3, -0.25) is 9.36 Å². The Hall–Kier alpha value is -4.70. The number of furan rings is 1. The molecule has 1 unspecified atom stereocenters. The molecule has 1 atom stereocenters. The topological polar surface area (TPSA) is 120 Å². The van der Waals surface area contributed by atoms with Crippen molar-refractivity contribution >= 4 is 29.4 Å². The molecule has 2 aromatic heterocycles. The number of nitrogens with zero attached hydrogens (tertiary/aromatic N) is 2. The second kappa shape index (κ2) is 10.5. The number of hydrogen-bond acceptors (Lipinski definition) is 8. The van der Waals surface area contributed by atoms with Gasteiger partial charge in [-0.1, -0.05) is 42.5 Å². The molecule has 0 aliphatic carbocycles. The van der Waals surface area contributed by atoms with Crippen LogP contribution in [0.3, 0.4) is 0 Å². The molecule has 4 aromatic rings. The molecule has 0 saturated carbocycles.